The number of hydrogen-bond acceptors (Lipinski definition) is 3. The minimum Gasteiger partial charge on any atom is -0.462 e. The first kappa shape index (κ1) is 24.6. The van der Waals surface area contributed by atoms with Crippen LogP contribution in [0.3, 0.4) is 0 Å². The number of hydrogen-bond donors (Lipinski definition) is 0. The Kier molecular flexibility index (Phi) is 6.12. The molecule has 0 saturated heterocycles. The summed E-state index contributed by atoms with van der Waals surface area (Å²) in [6.45, 7) is 13.9. The van der Waals surface area contributed by atoms with Crippen LogP contribution >= 0.6 is 0 Å². The fourth-order valence-electron chi connectivity index (χ4n) is 8.95. The smallest absolute Gasteiger partial charge is 0.312 e. The molecule has 0 bridgehead atoms. The predicted molar refractivity (Wildman–Crippen MR) is 140 cm³/mol. The Bertz CT molecular complexity index is 901. The van der Waals surface area contributed by atoms with Crippen molar-refractivity contribution in [1.29, 1.82) is 0 Å². The third-order valence-corrected chi connectivity index (χ3v) is 11.3. The molecule has 0 unspecified atom stereocenters. The highest BCUT2D eigenvalue weighted by atomic mass is 28.4. The average Bonchev–Trinajstić information content (AvgIpc) is 3.27. The molecule has 1 aromatic carbocycles. The van der Waals surface area contributed by atoms with Gasteiger partial charge in [0.25, 0.3) is 0 Å². The van der Waals surface area contributed by atoms with Crippen LogP contribution in [0.15, 0.2) is 30.3 Å². The van der Waals surface area contributed by atoms with Gasteiger partial charge in [-0.25, -0.2) is 0 Å². The van der Waals surface area contributed by atoms with E-state index in [1.165, 1.54) is 44.1 Å². The van der Waals surface area contributed by atoms with Crippen molar-refractivity contribution in [3.8, 4) is 0 Å². The van der Waals surface area contributed by atoms with Gasteiger partial charge >= 0.3 is 5.97 Å². The van der Waals surface area contributed by atoms with Crippen LogP contribution in [-0.4, -0.2) is 26.0 Å². The van der Waals surface area contributed by atoms with Gasteiger partial charge in [-0.15, -0.1) is 0 Å². The number of rotatable bonds is 6. The van der Waals surface area contributed by atoms with E-state index in [0.29, 0.717) is 17.8 Å². The van der Waals surface area contributed by atoms with Crippen LogP contribution in [0.5, 0.6) is 0 Å². The molecule has 0 amide bonds. The molecular weight excluding hydrogens is 436 g/mol. The number of esters is 1. The van der Waals surface area contributed by atoms with Crippen LogP contribution in [0.1, 0.15) is 84.1 Å². The standard InChI is InChI=1S/C30H46O3Si/c1-21-15-16-23(28(2,3)22-12-8-7-9-13-22)25(20-21)32-27(31)26-24-14-10-17-29(24)18-11-19-30(26,29)33-34(4,5)6/h7-9,12-13,21,23-26H,10-11,14-20H2,1-6H3/t21-,23-,24-,25-,26+,29+,30+/m1/s1. The van der Waals surface area contributed by atoms with Crippen LogP contribution in [0, 0.1) is 29.1 Å². The Labute approximate surface area is 208 Å². The largest absolute Gasteiger partial charge is 0.462 e. The van der Waals surface area contributed by atoms with Crippen molar-refractivity contribution in [3.63, 3.8) is 0 Å². The molecule has 4 fully saturated rings. The molecule has 0 radical (unpaired) electrons. The topological polar surface area (TPSA) is 35.5 Å². The number of carbonyl (C=O) groups is 1. The molecule has 4 aliphatic rings. The Morgan fingerprint density at radius 3 is 2.41 bits per heavy atom. The predicted octanol–water partition coefficient (Wildman–Crippen LogP) is 7.50. The maximum Gasteiger partial charge on any atom is 0.312 e. The molecule has 34 heavy (non-hydrogen) atoms. The zero-order valence-electron chi connectivity index (χ0n) is 22.4. The Balaban J connectivity index is 1.41. The quantitative estimate of drug-likeness (QED) is 0.311. The van der Waals surface area contributed by atoms with Crippen molar-refractivity contribution >= 4 is 14.3 Å². The highest BCUT2D eigenvalue weighted by molar-refractivity contribution is 6.69. The number of carbonyl (C=O) groups excluding carboxylic acids is 1. The van der Waals surface area contributed by atoms with Crippen LogP contribution in [0.4, 0.5) is 0 Å². The summed E-state index contributed by atoms with van der Waals surface area (Å²) in [5, 5.41) is 0. The maximum atomic E-state index is 14.1. The molecule has 0 aromatic heterocycles. The van der Waals surface area contributed by atoms with Crippen LogP contribution in [-0.2, 0) is 19.4 Å². The lowest BCUT2D eigenvalue weighted by atomic mass is 9.46. The second-order valence-corrected chi connectivity index (χ2v) is 18.1. The van der Waals surface area contributed by atoms with E-state index in [0.717, 1.165) is 19.3 Å². The lowest BCUT2D eigenvalue weighted by molar-refractivity contribution is -0.237. The average molecular weight is 483 g/mol. The summed E-state index contributed by atoms with van der Waals surface area (Å²) >= 11 is 0. The fourth-order valence-corrected chi connectivity index (χ4v) is 10.5. The van der Waals surface area contributed by atoms with E-state index < -0.39 is 8.32 Å². The van der Waals surface area contributed by atoms with Gasteiger partial charge in [-0.05, 0) is 87.4 Å². The summed E-state index contributed by atoms with van der Waals surface area (Å²) in [5.74, 6) is 1.44. The highest BCUT2D eigenvalue weighted by Gasteiger charge is 2.78. The first-order chi connectivity index (χ1) is 16.0. The minimum absolute atomic E-state index is 0.00630. The summed E-state index contributed by atoms with van der Waals surface area (Å²) in [6.07, 6.45) is 10.5. The summed E-state index contributed by atoms with van der Waals surface area (Å²) < 4.78 is 13.7. The molecule has 1 aromatic rings. The molecule has 4 heteroatoms. The Hall–Kier alpha value is -1.13. The SMILES string of the molecule is C[C@@H]1CC[C@@H](C(C)(C)c2ccccc2)[C@H](OC(=O)[C@@H]2[C@H]3CCC[C@]34CCC[C@]24O[Si](C)(C)C)C1. The van der Waals surface area contributed by atoms with E-state index in [2.05, 4.69) is 70.7 Å². The number of ether oxygens (including phenoxy) is 1. The number of benzene rings is 1. The van der Waals surface area contributed by atoms with Crippen LogP contribution < -0.4 is 0 Å². The van der Waals surface area contributed by atoms with Gasteiger partial charge in [0.2, 0.25) is 0 Å². The molecule has 5 rings (SSSR count). The van der Waals surface area contributed by atoms with Crippen LogP contribution in [0.2, 0.25) is 19.6 Å². The first-order valence-electron chi connectivity index (χ1n) is 14.0. The van der Waals surface area contributed by atoms with E-state index in [-0.39, 0.29) is 34.4 Å². The first-order valence-corrected chi connectivity index (χ1v) is 17.4. The van der Waals surface area contributed by atoms with Crippen molar-refractivity contribution < 1.29 is 14.0 Å². The second-order valence-electron chi connectivity index (χ2n) is 13.7. The van der Waals surface area contributed by atoms with E-state index in [1.807, 2.05) is 0 Å². The van der Waals surface area contributed by atoms with Crippen LogP contribution in [0.25, 0.3) is 0 Å². The molecule has 1 spiro atoms. The van der Waals surface area contributed by atoms with Gasteiger partial charge in [-0.3, -0.25) is 4.79 Å². The highest BCUT2D eigenvalue weighted by Crippen LogP contribution is 2.75. The molecular formula is C30H46O3Si. The normalized spacial score (nSPS) is 39.8. The van der Waals surface area contributed by atoms with Gasteiger partial charge < -0.3 is 9.16 Å². The molecule has 0 N–H and O–H groups in total. The maximum absolute atomic E-state index is 14.1. The third kappa shape index (κ3) is 3.73. The Morgan fingerprint density at radius 1 is 1.00 bits per heavy atom. The lowest BCUT2D eigenvalue weighted by Crippen LogP contribution is -2.71. The van der Waals surface area contributed by atoms with E-state index >= 15 is 0 Å². The molecule has 7 atom stereocenters. The van der Waals surface area contributed by atoms with E-state index in [4.69, 9.17) is 9.16 Å². The second kappa shape index (κ2) is 8.47. The molecule has 188 valence electrons. The third-order valence-electron chi connectivity index (χ3n) is 10.3. The van der Waals surface area contributed by atoms with Gasteiger partial charge in [0.05, 0.1) is 11.5 Å². The van der Waals surface area contributed by atoms with Crippen molar-refractivity contribution in [2.75, 3.05) is 0 Å². The fraction of sp³-hybridized carbons (Fsp3) is 0.767. The van der Waals surface area contributed by atoms with Gasteiger partial charge in [-0.2, -0.15) is 0 Å². The molecule has 0 heterocycles. The van der Waals surface area contributed by atoms with Gasteiger partial charge in [0.1, 0.15) is 6.10 Å². The van der Waals surface area contributed by atoms with Gasteiger partial charge in [-0.1, -0.05) is 63.9 Å². The zero-order valence-corrected chi connectivity index (χ0v) is 23.4. The Morgan fingerprint density at radius 2 is 1.71 bits per heavy atom. The summed E-state index contributed by atoms with van der Waals surface area (Å²) in [7, 11) is -1.80. The van der Waals surface area contributed by atoms with E-state index in [9.17, 15) is 4.79 Å². The lowest BCUT2D eigenvalue weighted by Gasteiger charge is -2.64. The minimum atomic E-state index is -1.80. The van der Waals surface area contributed by atoms with Crippen molar-refractivity contribution in [2.24, 2.45) is 29.1 Å². The molecule has 4 saturated carbocycles. The van der Waals surface area contributed by atoms with E-state index in [1.54, 1.807) is 0 Å². The van der Waals surface area contributed by atoms with Crippen molar-refractivity contribution in [1.82, 2.24) is 0 Å². The van der Waals surface area contributed by atoms with Crippen molar-refractivity contribution in [3.05, 3.63) is 35.9 Å². The monoisotopic (exact) mass is 482 g/mol. The van der Waals surface area contributed by atoms with Crippen molar-refractivity contribution in [2.45, 2.75) is 115 Å². The van der Waals surface area contributed by atoms with Gasteiger partial charge in [0, 0.05) is 11.3 Å². The molecule has 4 aliphatic carbocycles. The summed E-state index contributed by atoms with van der Waals surface area (Å²) in [4.78, 5) is 14.1. The summed E-state index contributed by atoms with van der Waals surface area (Å²) in [5.41, 5.74) is 1.33. The zero-order chi connectivity index (χ0) is 24.4. The molecule has 0 aliphatic heterocycles. The molecule has 3 nitrogen and oxygen atoms in total. The van der Waals surface area contributed by atoms with Gasteiger partial charge in [0.15, 0.2) is 8.32 Å². The summed E-state index contributed by atoms with van der Waals surface area (Å²) in [6, 6.07) is 10.8.